The van der Waals surface area contributed by atoms with Gasteiger partial charge in [-0.1, -0.05) is 6.07 Å². The number of rotatable bonds is 1. The van der Waals surface area contributed by atoms with Gasteiger partial charge in [0.25, 0.3) is 0 Å². The van der Waals surface area contributed by atoms with Gasteiger partial charge < -0.3 is 15.9 Å². The fourth-order valence-electron chi connectivity index (χ4n) is 1.89. The Morgan fingerprint density at radius 2 is 1.74 bits per heavy atom. The van der Waals surface area contributed by atoms with Crippen LogP contribution in [0.25, 0.3) is 22.4 Å². The molecule has 3 aromatic rings. The van der Waals surface area contributed by atoms with Crippen LogP contribution in [0.2, 0.25) is 0 Å². The molecule has 1 heterocycles. The standard InChI is InChI=1S/C14H11N3O2/c15-9-6-4-8(5-7-9)13-17-11-3-1-2-10(16)12(11)14(18)19-13/h1-7H,15-16H2. The fourth-order valence-corrected chi connectivity index (χ4v) is 1.89. The van der Waals surface area contributed by atoms with Crippen LogP contribution >= 0.6 is 0 Å². The molecule has 2 aromatic carbocycles. The van der Waals surface area contributed by atoms with E-state index in [0.29, 0.717) is 27.8 Å². The molecule has 0 saturated carbocycles. The van der Waals surface area contributed by atoms with E-state index in [0.717, 1.165) is 0 Å². The summed E-state index contributed by atoms with van der Waals surface area (Å²) >= 11 is 0. The predicted octanol–water partition coefficient (Wildman–Crippen LogP) is 2.02. The summed E-state index contributed by atoms with van der Waals surface area (Å²) in [6.45, 7) is 0. The predicted molar refractivity (Wildman–Crippen MR) is 74.5 cm³/mol. The lowest BCUT2D eigenvalue weighted by atomic mass is 10.2. The molecule has 3 rings (SSSR count). The minimum absolute atomic E-state index is 0.253. The molecule has 19 heavy (non-hydrogen) atoms. The molecule has 0 aliphatic rings. The maximum absolute atomic E-state index is 11.9. The second-order valence-corrected chi connectivity index (χ2v) is 4.17. The van der Waals surface area contributed by atoms with Gasteiger partial charge in [-0.15, -0.1) is 0 Å². The number of fused-ring (bicyclic) bond motifs is 1. The lowest BCUT2D eigenvalue weighted by molar-refractivity contribution is 0.518. The molecular weight excluding hydrogens is 242 g/mol. The minimum Gasteiger partial charge on any atom is -0.403 e. The summed E-state index contributed by atoms with van der Waals surface area (Å²) in [6, 6.07) is 12.1. The molecule has 0 aliphatic carbocycles. The number of nitrogen functional groups attached to an aromatic ring is 2. The van der Waals surface area contributed by atoms with Gasteiger partial charge in [0, 0.05) is 16.9 Å². The van der Waals surface area contributed by atoms with Crippen molar-refractivity contribution < 1.29 is 4.42 Å². The Kier molecular flexibility index (Phi) is 2.45. The van der Waals surface area contributed by atoms with Crippen molar-refractivity contribution >= 4 is 22.3 Å². The third kappa shape index (κ3) is 1.91. The lowest BCUT2D eigenvalue weighted by Gasteiger charge is -2.03. The van der Waals surface area contributed by atoms with Gasteiger partial charge in [0.15, 0.2) is 0 Å². The first-order valence-corrected chi connectivity index (χ1v) is 5.70. The van der Waals surface area contributed by atoms with E-state index in [1.54, 1.807) is 42.5 Å². The van der Waals surface area contributed by atoms with Gasteiger partial charge in [-0.25, -0.2) is 9.78 Å². The van der Waals surface area contributed by atoms with E-state index in [1.807, 2.05) is 0 Å². The summed E-state index contributed by atoms with van der Waals surface area (Å²) < 4.78 is 5.21. The van der Waals surface area contributed by atoms with Crippen molar-refractivity contribution in [3.05, 3.63) is 52.9 Å². The van der Waals surface area contributed by atoms with Crippen molar-refractivity contribution in [2.45, 2.75) is 0 Å². The van der Waals surface area contributed by atoms with Crippen molar-refractivity contribution in [3.8, 4) is 11.5 Å². The number of nitrogens with zero attached hydrogens (tertiary/aromatic N) is 1. The Hall–Kier alpha value is -2.82. The molecule has 0 radical (unpaired) electrons. The van der Waals surface area contributed by atoms with Gasteiger partial charge in [0.2, 0.25) is 5.89 Å². The Bertz CT molecular complexity index is 807. The Labute approximate surface area is 108 Å². The summed E-state index contributed by atoms with van der Waals surface area (Å²) in [6.07, 6.45) is 0. The Morgan fingerprint density at radius 3 is 2.47 bits per heavy atom. The molecule has 0 fully saturated rings. The Morgan fingerprint density at radius 1 is 1.00 bits per heavy atom. The Balaban J connectivity index is 2.27. The molecular formula is C14H11N3O2. The van der Waals surface area contributed by atoms with E-state index in [4.69, 9.17) is 15.9 Å². The number of aromatic nitrogens is 1. The molecule has 0 amide bonds. The van der Waals surface area contributed by atoms with Crippen LogP contribution in [-0.2, 0) is 0 Å². The zero-order chi connectivity index (χ0) is 13.4. The molecule has 0 bridgehead atoms. The van der Waals surface area contributed by atoms with Crippen LogP contribution in [0.1, 0.15) is 0 Å². The first kappa shape index (κ1) is 11.3. The minimum atomic E-state index is -0.491. The van der Waals surface area contributed by atoms with Crippen molar-refractivity contribution in [1.82, 2.24) is 4.98 Å². The van der Waals surface area contributed by atoms with Crippen LogP contribution < -0.4 is 17.1 Å². The number of benzene rings is 2. The average molecular weight is 253 g/mol. The third-order valence-corrected chi connectivity index (χ3v) is 2.85. The highest BCUT2D eigenvalue weighted by molar-refractivity contribution is 5.89. The van der Waals surface area contributed by atoms with Crippen LogP contribution in [0.5, 0.6) is 0 Å². The van der Waals surface area contributed by atoms with Crippen LogP contribution in [0.4, 0.5) is 11.4 Å². The summed E-state index contributed by atoms with van der Waals surface area (Å²) in [5, 5.41) is 0.307. The fraction of sp³-hybridized carbons (Fsp3) is 0. The van der Waals surface area contributed by atoms with E-state index in [1.165, 1.54) is 0 Å². The van der Waals surface area contributed by atoms with E-state index >= 15 is 0 Å². The maximum atomic E-state index is 11.9. The van der Waals surface area contributed by atoms with Crippen molar-refractivity contribution in [2.75, 3.05) is 11.5 Å². The quantitative estimate of drug-likeness (QED) is 0.647. The van der Waals surface area contributed by atoms with Crippen molar-refractivity contribution in [1.29, 1.82) is 0 Å². The van der Waals surface area contributed by atoms with Crippen LogP contribution in [-0.4, -0.2) is 4.98 Å². The molecule has 0 saturated heterocycles. The lowest BCUT2D eigenvalue weighted by Crippen LogP contribution is -2.05. The first-order chi connectivity index (χ1) is 9.15. The highest BCUT2D eigenvalue weighted by atomic mass is 16.4. The van der Waals surface area contributed by atoms with Crippen molar-refractivity contribution in [2.24, 2.45) is 0 Å². The van der Waals surface area contributed by atoms with E-state index < -0.39 is 5.63 Å². The molecule has 0 atom stereocenters. The number of hydrogen-bond acceptors (Lipinski definition) is 5. The van der Waals surface area contributed by atoms with Gasteiger partial charge in [0.1, 0.15) is 5.39 Å². The summed E-state index contributed by atoms with van der Waals surface area (Å²) in [5.74, 6) is 0.253. The number of hydrogen-bond donors (Lipinski definition) is 2. The zero-order valence-corrected chi connectivity index (χ0v) is 9.96. The molecule has 0 spiro atoms. The summed E-state index contributed by atoms with van der Waals surface area (Å²) in [4.78, 5) is 16.3. The van der Waals surface area contributed by atoms with Crippen LogP contribution in [0.3, 0.4) is 0 Å². The largest absolute Gasteiger partial charge is 0.403 e. The van der Waals surface area contributed by atoms with Gasteiger partial charge in [-0.05, 0) is 36.4 Å². The smallest absolute Gasteiger partial charge is 0.349 e. The van der Waals surface area contributed by atoms with Crippen LogP contribution in [0, 0.1) is 0 Å². The first-order valence-electron chi connectivity index (χ1n) is 5.70. The van der Waals surface area contributed by atoms with Gasteiger partial charge in [-0.3, -0.25) is 0 Å². The number of nitrogens with two attached hydrogens (primary N) is 2. The summed E-state index contributed by atoms with van der Waals surface area (Å²) in [5.41, 5.74) is 13.1. The molecule has 4 N–H and O–H groups in total. The second-order valence-electron chi connectivity index (χ2n) is 4.17. The van der Waals surface area contributed by atoms with E-state index in [-0.39, 0.29) is 5.89 Å². The molecule has 0 aliphatic heterocycles. The highest BCUT2D eigenvalue weighted by Gasteiger charge is 2.10. The molecule has 1 aromatic heterocycles. The highest BCUT2D eigenvalue weighted by Crippen LogP contribution is 2.21. The normalized spacial score (nSPS) is 10.7. The molecule has 5 nitrogen and oxygen atoms in total. The average Bonchev–Trinajstić information content (AvgIpc) is 2.39. The van der Waals surface area contributed by atoms with Gasteiger partial charge in [0.05, 0.1) is 5.52 Å². The van der Waals surface area contributed by atoms with Gasteiger partial charge in [-0.2, -0.15) is 0 Å². The third-order valence-electron chi connectivity index (χ3n) is 2.85. The zero-order valence-electron chi connectivity index (χ0n) is 9.96. The topological polar surface area (TPSA) is 95.1 Å². The monoisotopic (exact) mass is 253 g/mol. The van der Waals surface area contributed by atoms with E-state index in [9.17, 15) is 4.79 Å². The number of anilines is 2. The molecule has 5 heteroatoms. The molecule has 94 valence electrons. The van der Waals surface area contributed by atoms with Crippen molar-refractivity contribution in [3.63, 3.8) is 0 Å². The molecule has 0 unspecified atom stereocenters. The second kappa shape index (κ2) is 4.13. The SMILES string of the molecule is Nc1ccc(-c2nc3cccc(N)c3c(=O)o2)cc1. The maximum Gasteiger partial charge on any atom is 0.349 e. The van der Waals surface area contributed by atoms with Crippen LogP contribution in [0.15, 0.2) is 51.7 Å². The van der Waals surface area contributed by atoms with E-state index in [2.05, 4.69) is 4.98 Å². The van der Waals surface area contributed by atoms with Gasteiger partial charge >= 0.3 is 5.63 Å². The summed E-state index contributed by atoms with van der Waals surface area (Å²) in [7, 11) is 0.